The lowest BCUT2D eigenvalue weighted by atomic mass is 10.1. The van der Waals surface area contributed by atoms with Gasteiger partial charge in [0, 0.05) is 22.0 Å². The molecule has 2 amide bonds. The van der Waals surface area contributed by atoms with Crippen molar-refractivity contribution in [2.24, 2.45) is 0 Å². The first-order chi connectivity index (χ1) is 9.38. The number of hydrogen-bond donors (Lipinski definition) is 3. The summed E-state index contributed by atoms with van der Waals surface area (Å²) >= 11 is 9.12. The molecule has 1 rings (SSSR count). The average Bonchev–Trinajstić information content (AvgIpc) is 2.32. The third kappa shape index (κ3) is 6.25. The Balaban J connectivity index is 2.41. The van der Waals surface area contributed by atoms with E-state index >= 15 is 0 Å². The Labute approximate surface area is 130 Å². The summed E-state index contributed by atoms with van der Waals surface area (Å²) in [4.78, 5) is 22.2. The number of nitrogens with one attached hydrogen (secondary N) is 2. The molecule has 0 saturated carbocycles. The van der Waals surface area contributed by atoms with Gasteiger partial charge in [0.05, 0.1) is 5.69 Å². The second-order valence-corrected chi connectivity index (χ2v) is 5.70. The van der Waals surface area contributed by atoms with Gasteiger partial charge in [-0.25, -0.2) is 4.79 Å². The third-order valence-electron chi connectivity index (χ3n) is 2.58. The molecule has 20 heavy (non-hydrogen) atoms. The van der Waals surface area contributed by atoms with Crippen molar-refractivity contribution in [3.8, 4) is 0 Å². The molecule has 0 aromatic heterocycles. The molecule has 0 aliphatic carbocycles. The second kappa shape index (κ2) is 8.11. The number of benzene rings is 1. The SMILES string of the molecule is CC(CCCC(=O)O)NC(=O)Nc1ccc(Cl)cc1Br. The summed E-state index contributed by atoms with van der Waals surface area (Å²) in [6, 6.07) is 4.63. The van der Waals surface area contributed by atoms with Crippen molar-refractivity contribution in [3.05, 3.63) is 27.7 Å². The highest BCUT2D eigenvalue weighted by Crippen LogP contribution is 2.25. The van der Waals surface area contributed by atoms with Crippen LogP contribution in [0.25, 0.3) is 0 Å². The topological polar surface area (TPSA) is 78.4 Å². The van der Waals surface area contributed by atoms with Crippen LogP contribution in [0.2, 0.25) is 5.02 Å². The van der Waals surface area contributed by atoms with E-state index in [1.807, 2.05) is 6.92 Å². The predicted molar refractivity (Wildman–Crippen MR) is 82.3 cm³/mol. The Morgan fingerprint density at radius 2 is 2.15 bits per heavy atom. The number of carbonyl (C=O) groups excluding carboxylic acids is 1. The molecule has 7 heteroatoms. The van der Waals surface area contributed by atoms with Gasteiger partial charge in [0.1, 0.15) is 0 Å². The molecule has 1 aromatic rings. The van der Waals surface area contributed by atoms with E-state index in [0.717, 1.165) is 0 Å². The monoisotopic (exact) mass is 362 g/mol. The van der Waals surface area contributed by atoms with Gasteiger partial charge < -0.3 is 15.7 Å². The minimum Gasteiger partial charge on any atom is -0.481 e. The molecule has 0 aliphatic heterocycles. The van der Waals surface area contributed by atoms with Crippen LogP contribution in [0.3, 0.4) is 0 Å². The third-order valence-corrected chi connectivity index (χ3v) is 3.48. The van der Waals surface area contributed by atoms with Crippen molar-refractivity contribution in [3.63, 3.8) is 0 Å². The van der Waals surface area contributed by atoms with Crippen LogP contribution in [0.15, 0.2) is 22.7 Å². The zero-order chi connectivity index (χ0) is 15.1. The van der Waals surface area contributed by atoms with E-state index in [9.17, 15) is 9.59 Å². The largest absolute Gasteiger partial charge is 0.481 e. The molecule has 3 N–H and O–H groups in total. The highest BCUT2D eigenvalue weighted by atomic mass is 79.9. The van der Waals surface area contributed by atoms with Crippen LogP contribution >= 0.6 is 27.5 Å². The zero-order valence-electron chi connectivity index (χ0n) is 11.0. The predicted octanol–water partition coefficient (Wildman–Crippen LogP) is 3.87. The highest BCUT2D eigenvalue weighted by Gasteiger charge is 2.10. The fourth-order valence-electron chi connectivity index (χ4n) is 1.60. The fourth-order valence-corrected chi connectivity index (χ4v) is 2.39. The smallest absolute Gasteiger partial charge is 0.319 e. The molecule has 1 aromatic carbocycles. The Morgan fingerprint density at radius 1 is 1.45 bits per heavy atom. The number of urea groups is 1. The maximum absolute atomic E-state index is 11.8. The Hall–Kier alpha value is -1.27. The number of halogens is 2. The van der Waals surface area contributed by atoms with Crippen LogP contribution in [0.5, 0.6) is 0 Å². The van der Waals surface area contributed by atoms with Gasteiger partial charge in [-0.3, -0.25) is 4.79 Å². The van der Waals surface area contributed by atoms with Gasteiger partial charge in [-0.2, -0.15) is 0 Å². The Kier molecular flexibility index (Phi) is 6.81. The first kappa shape index (κ1) is 16.8. The first-order valence-corrected chi connectivity index (χ1v) is 7.30. The number of carbonyl (C=O) groups is 2. The van der Waals surface area contributed by atoms with Gasteiger partial charge in [-0.05, 0) is 53.9 Å². The molecule has 0 radical (unpaired) electrons. The van der Waals surface area contributed by atoms with Gasteiger partial charge in [0.15, 0.2) is 0 Å². The number of carboxylic acids is 1. The number of hydrogen-bond acceptors (Lipinski definition) is 2. The number of rotatable bonds is 6. The summed E-state index contributed by atoms with van der Waals surface area (Å²) in [5.74, 6) is -0.827. The van der Waals surface area contributed by atoms with E-state index in [-0.39, 0.29) is 18.5 Å². The molecule has 0 fully saturated rings. The zero-order valence-corrected chi connectivity index (χ0v) is 13.3. The van der Waals surface area contributed by atoms with E-state index in [2.05, 4.69) is 26.6 Å². The highest BCUT2D eigenvalue weighted by molar-refractivity contribution is 9.10. The van der Waals surface area contributed by atoms with Crippen LogP contribution in [-0.2, 0) is 4.79 Å². The summed E-state index contributed by atoms with van der Waals surface area (Å²) in [6.07, 6.45) is 1.25. The van der Waals surface area contributed by atoms with E-state index in [4.69, 9.17) is 16.7 Å². The van der Waals surface area contributed by atoms with Gasteiger partial charge in [-0.15, -0.1) is 0 Å². The number of anilines is 1. The molecule has 1 unspecified atom stereocenters. The van der Waals surface area contributed by atoms with Crippen molar-refractivity contribution >= 4 is 45.2 Å². The lowest BCUT2D eigenvalue weighted by Gasteiger charge is -2.14. The van der Waals surface area contributed by atoms with Crippen LogP contribution in [-0.4, -0.2) is 23.1 Å². The summed E-state index contributed by atoms with van der Waals surface area (Å²) in [6.45, 7) is 1.83. The van der Waals surface area contributed by atoms with Gasteiger partial charge in [0.2, 0.25) is 0 Å². The van der Waals surface area contributed by atoms with E-state index in [0.29, 0.717) is 28.0 Å². The van der Waals surface area contributed by atoms with Crippen molar-refractivity contribution in [1.82, 2.24) is 5.32 Å². The van der Waals surface area contributed by atoms with Crippen LogP contribution in [0, 0.1) is 0 Å². The lowest BCUT2D eigenvalue weighted by Crippen LogP contribution is -2.36. The van der Waals surface area contributed by atoms with Crippen molar-refractivity contribution in [2.75, 3.05) is 5.32 Å². The number of aliphatic carboxylic acids is 1. The van der Waals surface area contributed by atoms with Crippen molar-refractivity contribution in [2.45, 2.75) is 32.2 Å². The quantitative estimate of drug-likeness (QED) is 0.718. The van der Waals surface area contributed by atoms with Crippen molar-refractivity contribution in [1.29, 1.82) is 0 Å². The first-order valence-electron chi connectivity index (χ1n) is 6.13. The van der Waals surface area contributed by atoms with E-state index in [1.165, 1.54) is 0 Å². The van der Waals surface area contributed by atoms with Gasteiger partial charge in [0.25, 0.3) is 0 Å². The van der Waals surface area contributed by atoms with E-state index in [1.54, 1.807) is 18.2 Å². The maximum atomic E-state index is 11.8. The minimum absolute atomic E-state index is 0.0968. The number of amides is 2. The normalized spacial score (nSPS) is 11.8. The molecule has 0 aliphatic rings. The lowest BCUT2D eigenvalue weighted by molar-refractivity contribution is -0.137. The fraction of sp³-hybridized carbons (Fsp3) is 0.385. The summed E-state index contributed by atoms with van der Waals surface area (Å²) in [5.41, 5.74) is 0.615. The molecule has 0 bridgehead atoms. The second-order valence-electron chi connectivity index (χ2n) is 4.41. The molecule has 1 atom stereocenters. The molecular formula is C13H16BrClN2O3. The molecule has 5 nitrogen and oxygen atoms in total. The van der Waals surface area contributed by atoms with E-state index < -0.39 is 5.97 Å². The maximum Gasteiger partial charge on any atom is 0.319 e. The molecule has 0 saturated heterocycles. The van der Waals surface area contributed by atoms with Gasteiger partial charge in [-0.1, -0.05) is 11.6 Å². The average molecular weight is 364 g/mol. The van der Waals surface area contributed by atoms with Crippen LogP contribution in [0.1, 0.15) is 26.2 Å². The standard InChI is InChI=1S/C13H16BrClN2O3/c1-8(3-2-4-12(18)19)16-13(20)17-11-6-5-9(15)7-10(11)14/h5-8H,2-4H2,1H3,(H,18,19)(H2,16,17,20). The summed E-state index contributed by atoms with van der Waals surface area (Å²) in [7, 11) is 0. The Bertz CT molecular complexity index is 497. The minimum atomic E-state index is -0.827. The summed E-state index contributed by atoms with van der Waals surface area (Å²) < 4.78 is 0.693. The van der Waals surface area contributed by atoms with Crippen LogP contribution < -0.4 is 10.6 Å². The van der Waals surface area contributed by atoms with Crippen molar-refractivity contribution < 1.29 is 14.7 Å². The van der Waals surface area contributed by atoms with Crippen LogP contribution in [0.4, 0.5) is 10.5 Å². The molecule has 110 valence electrons. The summed E-state index contributed by atoms with van der Waals surface area (Å²) in [5, 5.41) is 14.6. The van der Waals surface area contributed by atoms with Gasteiger partial charge >= 0.3 is 12.0 Å². The molecular weight excluding hydrogens is 348 g/mol. The molecule has 0 heterocycles. The Morgan fingerprint density at radius 3 is 2.75 bits per heavy atom. The molecule has 0 spiro atoms. The number of carboxylic acid groups (broad SMARTS) is 1.